The monoisotopic (exact) mass is 362 g/mol. The van der Waals surface area contributed by atoms with E-state index in [1.165, 1.54) is 0 Å². The van der Waals surface area contributed by atoms with Gasteiger partial charge in [0.15, 0.2) is 11.6 Å². The van der Waals surface area contributed by atoms with Crippen LogP contribution in [-0.4, -0.2) is 48.1 Å². The van der Waals surface area contributed by atoms with Gasteiger partial charge in [-0.25, -0.2) is 9.97 Å². The summed E-state index contributed by atoms with van der Waals surface area (Å²) in [6.45, 7) is 3.87. The first-order valence-electron chi connectivity index (χ1n) is 7.20. The van der Waals surface area contributed by atoms with Crippen LogP contribution in [-0.2, 0) is 0 Å². The molecule has 3 N–H and O–H groups in total. The molecule has 1 fully saturated rings. The highest BCUT2D eigenvalue weighted by molar-refractivity contribution is 9.10. The van der Waals surface area contributed by atoms with Gasteiger partial charge >= 0.3 is 0 Å². The lowest BCUT2D eigenvalue weighted by atomic mass is 10.3. The molecule has 0 saturated carbocycles. The molecule has 0 aliphatic carbocycles. The standard InChI is InChI=1S/C15H19BrN6/c1-21-5-7-22(8-6-21)15-13(17)14(18-10-19-15)20-12-4-2-3-11(16)9-12/h2-4,9-10H,5-8,17H2,1H3,(H,18,19,20). The molecule has 1 aliphatic rings. The smallest absolute Gasteiger partial charge is 0.159 e. The molecule has 0 amide bonds. The largest absolute Gasteiger partial charge is 0.393 e. The van der Waals surface area contributed by atoms with E-state index in [0.717, 1.165) is 42.2 Å². The van der Waals surface area contributed by atoms with Gasteiger partial charge in [-0.1, -0.05) is 22.0 Å². The third-order valence-corrected chi connectivity index (χ3v) is 4.25. The molecule has 1 aromatic carbocycles. The van der Waals surface area contributed by atoms with Gasteiger partial charge in [0.1, 0.15) is 12.0 Å². The number of hydrogen-bond acceptors (Lipinski definition) is 6. The van der Waals surface area contributed by atoms with Crippen molar-refractivity contribution in [2.75, 3.05) is 49.2 Å². The number of aromatic nitrogens is 2. The van der Waals surface area contributed by atoms with Gasteiger partial charge in [-0.15, -0.1) is 0 Å². The van der Waals surface area contributed by atoms with Crippen LogP contribution in [0.25, 0.3) is 0 Å². The van der Waals surface area contributed by atoms with Gasteiger partial charge < -0.3 is 20.9 Å². The van der Waals surface area contributed by atoms with E-state index < -0.39 is 0 Å². The van der Waals surface area contributed by atoms with Crippen LogP contribution in [0.3, 0.4) is 0 Å². The average Bonchev–Trinajstić information content (AvgIpc) is 2.51. The maximum absolute atomic E-state index is 6.28. The van der Waals surface area contributed by atoms with Crippen molar-refractivity contribution < 1.29 is 0 Å². The summed E-state index contributed by atoms with van der Waals surface area (Å²) in [6, 6.07) is 7.90. The maximum atomic E-state index is 6.28. The van der Waals surface area contributed by atoms with Crippen LogP contribution >= 0.6 is 15.9 Å². The highest BCUT2D eigenvalue weighted by Crippen LogP contribution is 2.29. The van der Waals surface area contributed by atoms with Gasteiger partial charge in [0.2, 0.25) is 0 Å². The van der Waals surface area contributed by atoms with Gasteiger partial charge in [0.25, 0.3) is 0 Å². The van der Waals surface area contributed by atoms with E-state index in [4.69, 9.17) is 5.73 Å². The van der Waals surface area contributed by atoms with Gasteiger partial charge in [-0.3, -0.25) is 0 Å². The first kappa shape index (κ1) is 15.1. The summed E-state index contributed by atoms with van der Waals surface area (Å²) in [7, 11) is 2.13. The third-order valence-electron chi connectivity index (χ3n) is 3.75. The van der Waals surface area contributed by atoms with E-state index >= 15 is 0 Å². The summed E-state index contributed by atoms with van der Waals surface area (Å²) >= 11 is 3.46. The van der Waals surface area contributed by atoms with Crippen molar-refractivity contribution in [3.63, 3.8) is 0 Å². The minimum absolute atomic E-state index is 0.590. The van der Waals surface area contributed by atoms with Gasteiger partial charge in [0, 0.05) is 36.3 Å². The van der Waals surface area contributed by atoms with Crippen LogP contribution < -0.4 is 16.0 Å². The quantitative estimate of drug-likeness (QED) is 0.872. The van der Waals surface area contributed by atoms with Crippen molar-refractivity contribution >= 4 is 38.9 Å². The summed E-state index contributed by atoms with van der Waals surface area (Å²) < 4.78 is 1.00. The van der Waals surface area contributed by atoms with Crippen LogP contribution in [0.2, 0.25) is 0 Å². The van der Waals surface area contributed by atoms with E-state index in [2.05, 4.69) is 48.1 Å². The van der Waals surface area contributed by atoms with E-state index in [0.29, 0.717) is 11.5 Å². The lowest BCUT2D eigenvalue weighted by Gasteiger charge is -2.33. The Morgan fingerprint density at radius 3 is 2.68 bits per heavy atom. The van der Waals surface area contributed by atoms with Crippen LogP contribution in [0.15, 0.2) is 35.1 Å². The van der Waals surface area contributed by atoms with Gasteiger partial charge in [0.05, 0.1) is 0 Å². The number of nitrogens with two attached hydrogens (primary N) is 1. The lowest BCUT2D eigenvalue weighted by Crippen LogP contribution is -2.45. The second-order valence-corrected chi connectivity index (χ2v) is 6.30. The van der Waals surface area contributed by atoms with Crippen molar-refractivity contribution in [3.05, 3.63) is 35.1 Å². The van der Waals surface area contributed by atoms with Crippen molar-refractivity contribution in [1.29, 1.82) is 0 Å². The molecule has 116 valence electrons. The Balaban J connectivity index is 1.83. The highest BCUT2D eigenvalue weighted by atomic mass is 79.9. The zero-order valence-electron chi connectivity index (χ0n) is 12.5. The second kappa shape index (κ2) is 6.50. The molecule has 3 rings (SSSR count). The molecule has 2 aromatic rings. The maximum Gasteiger partial charge on any atom is 0.159 e. The average molecular weight is 363 g/mol. The molecule has 0 radical (unpaired) electrons. The summed E-state index contributed by atoms with van der Waals surface area (Å²) in [5, 5.41) is 3.26. The summed E-state index contributed by atoms with van der Waals surface area (Å²) in [6.07, 6.45) is 1.56. The molecule has 0 unspecified atom stereocenters. The van der Waals surface area contributed by atoms with Crippen LogP contribution in [0.4, 0.5) is 23.0 Å². The minimum Gasteiger partial charge on any atom is -0.393 e. The minimum atomic E-state index is 0.590. The fraction of sp³-hybridized carbons (Fsp3) is 0.333. The summed E-state index contributed by atoms with van der Waals surface area (Å²) in [5.74, 6) is 1.45. The topological polar surface area (TPSA) is 70.3 Å². The molecule has 1 aliphatic heterocycles. The van der Waals surface area contributed by atoms with Gasteiger partial charge in [-0.2, -0.15) is 0 Å². The number of hydrogen-bond donors (Lipinski definition) is 2. The molecule has 7 heteroatoms. The molecule has 2 heterocycles. The number of anilines is 4. The zero-order chi connectivity index (χ0) is 15.5. The van der Waals surface area contributed by atoms with Crippen LogP contribution in [0, 0.1) is 0 Å². The molecule has 0 atom stereocenters. The van der Waals surface area contributed by atoms with E-state index in [-0.39, 0.29) is 0 Å². The van der Waals surface area contributed by atoms with Crippen LogP contribution in [0.1, 0.15) is 0 Å². The van der Waals surface area contributed by atoms with Crippen molar-refractivity contribution in [1.82, 2.24) is 14.9 Å². The first-order chi connectivity index (χ1) is 10.6. The number of rotatable bonds is 3. The number of benzene rings is 1. The van der Waals surface area contributed by atoms with Crippen molar-refractivity contribution in [2.24, 2.45) is 0 Å². The summed E-state index contributed by atoms with van der Waals surface area (Å²) in [5.41, 5.74) is 7.80. The molecule has 6 nitrogen and oxygen atoms in total. The lowest BCUT2D eigenvalue weighted by molar-refractivity contribution is 0.312. The molecular formula is C15H19BrN6. The van der Waals surface area contributed by atoms with Gasteiger partial charge in [-0.05, 0) is 25.2 Å². The molecular weight excluding hydrogens is 344 g/mol. The number of piperazine rings is 1. The molecule has 0 spiro atoms. The van der Waals surface area contributed by atoms with E-state index in [1.807, 2.05) is 24.3 Å². The molecule has 22 heavy (non-hydrogen) atoms. The predicted molar refractivity (Wildman–Crippen MR) is 93.6 cm³/mol. The number of likely N-dealkylation sites (N-methyl/N-ethyl adjacent to an activating group) is 1. The molecule has 0 bridgehead atoms. The Bertz CT molecular complexity index is 654. The van der Waals surface area contributed by atoms with E-state index in [9.17, 15) is 0 Å². The number of halogens is 1. The Labute approximate surface area is 138 Å². The normalized spacial score (nSPS) is 15.8. The Morgan fingerprint density at radius 1 is 1.18 bits per heavy atom. The number of nitrogen functional groups attached to an aromatic ring is 1. The first-order valence-corrected chi connectivity index (χ1v) is 7.99. The van der Waals surface area contributed by atoms with Crippen molar-refractivity contribution in [2.45, 2.75) is 0 Å². The Kier molecular flexibility index (Phi) is 4.44. The highest BCUT2D eigenvalue weighted by Gasteiger charge is 2.19. The zero-order valence-corrected chi connectivity index (χ0v) is 14.0. The predicted octanol–water partition coefficient (Wildman–Crippen LogP) is 2.32. The summed E-state index contributed by atoms with van der Waals surface area (Å²) in [4.78, 5) is 13.2. The van der Waals surface area contributed by atoms with E-state index in [1.54, 1.807) is 6.33 Å². The second-order valence-electron chi connectivity index (χ2n) is 5.39. The van der Waals surface area contributed by atoms with Crippen LogP contribution in [0.5, 0.6) is 0 Å². The van der Waals surface area contributed by atoms with Crippen molar-refractivity contribution in [3.8, 4) is 0 Å². The fourth-order valence-electron chi connectivity index (χ4n) is 2.46. The Hall–Kier alpha value is -1.86. The number of nitrogens with one attached hydrogen (secondary N) is 1. The molecule has 1 saturated heterocycles. The third kappa shape index (κ3) is 3.31. The fourth-order valence-corrected chi connectivity index (χ4v) is 2.86. The SMILES string of the molecule is CN1CCN(c2ncnc(Nc3cccc(Br)c3)c2N)CC1. The number of nitrogens with zero attached hydrogens (tertiary/aromatic N) is 4. The molecule has 1 aromatic heterocycles. The Morgan fingerprint density at radius 2 is 1.95 bits per heavy atom.